The number of halogens is 1. The Morgan fingerprint density at radius 1 is 1.67 bits per heavy atom. The summed E-state index contributed by atoms with van der Waals surface area (Å²) in [5.41, 5.74) is 0. The van der Waals surface area contributed by atoms with Gasteiger partial charge < -0.3 is 0 Å². The molecule has 64 valence electrons. The molecule has 4 heteroatoms. The Morgan fingerprint density at radius 3 is 3.00 bits per heavy atom. The van der Waals surface area contributed by atoms with Crippen molar-refractivity contribution in [2.24, 2.45) is 0 Å². The van der Waals surface area contributed by atoms with Gasteiger partial charge in [-0.3, -0.25) is 0 Å². The summed E-state index contributed by atoms with van der Waals surface area (Å²) in [4.78, 5) is 5.35. The Morgan fingerprint density at radius 2 is 2.42 bits per heavy atom. The summed E-state index contributed by atoms with van der Waals surface area (Å²) in [6.45, 7) is 2.12. The van der Waals surface area contributed by atoms with Gasteiger partial charge in [0.05, 0.1) is 22.4 Å². The zero-order chi connectivity index (χ0) is 8.97. The van der Waals surface area contributed by atoms with Crippen molar-refractivity contribution in [3.05, 3.63) is 14.5 Å². The molecule has 1 aromatic rings. The largest absolute Gasteiger partial charge is 0.234 e. The smallest absolute Gasteiger partial charge is 0.121 e. The van der Waals surface area contributed by atoms with E-state index in [9.17, 15) is 0 Å². The number of nitriles is 1. The molecule has 0 aliphatic rings. The maximum atomic E-state index is 8.49. The van der Waals surface area contributed by atoms with Crippen LogP contribution in [-0.2, 0) is 12.8 Å². The summed E-state index contributed by atoms with van der Waals surface area (Å²) in [5.74, 6) is 0. The van der Waals surface area contributed by atoms with E-state index >= 15 is 0 Å². The van der Waals surface area contributed by atoms with Crippen LogP contribution in [0.2, 0.25) is 0 Å². The molecular weight excluding hydrogens is 236 g/mol. The topological polar surface area (TPSA) is 36.7 Å². The molecule has 0 atom stereocenters. The van der Waals surface area contributed by atoms with Crippen molar-refractivity contribution in [2.75, 3.05) is 0 Å². The van der Waals surface area contributed by atoms with E-state index in [1.165, 1.54) is 0 Å². The van der Waals surface area contributed by atoms with E-state index in [1.807, 2.05) is 0 Å². The van der Waals surface area contributed by atoms with E-state index in [1.54, 1.807) is 11.3 Å². The van der Waals surface area contributed by atoms with Gasteiger partial charge >= 0.3 is 0 Å². The molecule has 0 bridgehead atoms. The van der Waals surface area contributed by atoms with Gasteiger partial charge in [0.2, 0.25) is 0 Å². The zero-order valence-corrected chi connectivity index (χ0v) is 9.20. The number of aryl methyl sites for hydroxylation is 1. The summed E-state index contributed by atoms with van der Waals surface area (Å²) in [5, 5.41) is 9.61. The van der Waals surface area contributed by atoms with Gasteiger partial charge in [-0.25, -0.2) is 4.98 Å². The van der Waals surface area contributed by atoms with Crippen molar-refractivity contribution >= 4 is 27.3 Å². The average Bonchev–Trinajstić information content (AvgIpc) is 2.34. The van der Waals surface area contributed by atoms with Gasteiger partial charge in [-0.15, -0.1) is 11.3 Å². The molecule has 0 fully saturated rings. The van der Waals surface area contributed by atoms with E-state index in [-0.39, 0.29) is 0 Å². The standard InChI is InChI=1S/C8H9BrN2S/c1-2-3-7-11-8(9)6(12-7)4-5-10/h2-4H2,1H3. The first kappa shape index (κ1) is 9.69. The molecule has 2 nitrogen and oxygen atoms in total. The van der Waals surface area contributed by atoms with Crippen LogP contribution in [0, 0.1) is 11.3 Å². The molecule has 0 spiro atoms. The lowest BCUT2D eigenvalue weighted by molar-refractivity contribution is 0.905. The van der Waals surface area contributed by atoms with Crippen LogP contribution in [0.3, 0.4) is 0 Å². The fourth-order valence-electron chi connectivity index (χ4n) is 0.881. The van der Waals surface area contributed by atoms with Gasteiger partial charge in [0.25, 0.3) is 0 Å². The lowest BCUT2D eigenvalue weighted by Gasteiger charge is -1.85. The van der Waals surface area contributed by atoms with Crippen molar-refractivity contribution in [1.82, 2.24) is 4.98 Å². The highest BCUT2D eigenvalue weighted by atomic mass is 79.9. The van der Waals surface area contributed by atoms with E-state index in [0.717, 1.165) is 27.3 Å². The van der Waals surface area contributed by atoms with Crippen molar-refractivity contribution < 1.29 is 0 Å². The number of thiazole rings is 1. The molecular formula is C8H9BrN2S. The highest BCUT2D eigenvalue weighted by Crippen LogP contribution is 2.24. The van der Waals surface area contributed by atoms with Crippen LogP contribution in [0.1, 0.15) is 23.2 Å². The van der Waals surface area contributed by atoms with E-state index in [2.05, 4.69) is 33.9 Å². The van der Waals surface area contributed by atoms with Crippen molar-refractivity contribution in [2.45, 2.75) is 26.2 Å². The minimum absolute atomic E-state index is 0.460. The molecule has 0 N–H and O–H groups in total. The SMILES string of the molecule is CCCc1nc(Br)c(CC#N)s1. The lowest BCUT2D eigenvalue weighted by Crippen LogP contribution is -1.78. The van der Waals surface area contributed by atoms with Crippen molar-refractivity contribution in [3.63, 3.8) is 0 Å². The second kappa shape index (κ2) is 4.58. The quantitative estimate of drug-likeness (QED) is 0.820. The third kappa shape index (κ3) is 2.29. The first-order valence-corrected chi connectivity index (χ1v) is 5.40. The number of rotatable bonds is 3. The number of hydrogen-bond acceptors (Lipinski definition) is 3. The summed E-state index contributed by atoms with van der Waals surface area (Å²) in [6, 6.07) is 2.12. The van der Waals surface area contributed by atoms with Gasteiger partial charge in [-0.2, -0.15) is 5.26 Å². The summed E-state index contributed by atoms with van der Waals surface area (Å²) < 4.78 is 0.845. The first-order chi connectivity index (χ1) is 5.77. The highest BCUT2D eigenvalue weighted by Gasteiger charge is 2.06. The van der Waals surface area contributed by atoms with Gasteiger partial charge in [0, 0.05) is 0 Å². The second-order valence-corrected chi connectivity index (χ2v) is 4.33. The van der Waals surface area contributed by atoms with E-state index in [0.29, 0.717) is 6.42 Å². The molecule has 0 amide bonds. The first-order valence-electron chi connectivity index (χ1n) is 3.79. The fourth-order valence-corrected chi connectivity index (χ4v) is 2.59. The minimum atomic E-state index is 0.460. The Kier molecular flexibility index (Phi) is 3.70. The predicted octanol–water partition coefficient (Wildman–Crippen LogP) is 2.92. The maximum absolute atomic E-state index is 8.49. The normalized spacial score (nSPS) is 9.75. The third-order valence-electron chi connectivity index (χ3n) is 1.40. The molecule has 0 radical (unpaired) electrons. The molecule has 0 saturated carbocycles. The van der Waals surface area contributed by atoms with Crippen LogP contribution < -0.4 is 0 Å². The maximum Gasteiger partial charge on any atom is 0.121 e. The van der Waals surface area contributed by atoms with Crippen molar-refractivity contribution in [3.8, 4) is 6.07 Å². The third-order valence-corrected chi connectivity index (χ3v) is 3.43. The van der Waals surface area contributed by atoms with Gasteiger partial charge in [-0.05, 0) is 28.8 Å². The molecule has 0 aliphatic carbocycles. The second-order valence-electron chi connectivity index (χ2n) is 2.41. The molecule has 0 aliphatic heterocycles. The fraction of sp³-hybridized carbons (Fsp3) is 0.500. The molecule has 0 saturated heterocycles. The minimum Gasteiger partial charge on any atom is -0.234 e. The van der Waals surface area contributed by atoms with Gasteiger partial charge in [0.15, 0.2) is 0 Å². The van der Waals surface area contributed by atoms with E-state index < -0.39 is 0 Å². The summed E-state index contributed by atoms with van der Waals surface area (Å²) in [6.07, 6.45) is 2.57. The molecule has 12 heavy (non-hydrogen) atoms. The molecule has 0 aromatic carbocycles. The van der Waals surface area contributed by atoms with E-state index in [4.69, 9.17) is 5.26 Å². The molecule has 0 unspecified atom stereocenters. The Labute approximate surface area is 84.4 Å². The highest BCUT2D eigenvalue weighted by molar-refractivity contribution is 9.10. The van der Waals surface area contributed by atoms with Gasteiger partial charge in [0.1, 0.15) is 4.60 Å². The number of aromatic nitrogens is 1. The number of nitrogens with zero attached hydrogens (tertiary/aromatic N) is 2. The van der Waals surface area contributed by atoms with Crippen LogP contribution in [0.25, 0.3) is 0 Å². The monoisotopic (exact) mass is 244 g/mol. The Balaban J connectivity index is 2.79. The molecule has 1 aromatic heterocycles. The lowest BCUT2D eigenvalue weighted by atomic mass is 10.4. The molecule has 1 rings (SSSR count). The average molecular weight is 245 g/mol. The Hall–Kier alpha value is -0.400. The van der Waals surface area contributed by atoms with Crippen LogP contribution >= 0.6 is 27.3 Å². The van der Waals surface area contributed by atoms with Gasteiger partial charge in [-0.1, -0.05) is 6.92 Å². The van der Waals surface area contributed by atoms with Crippen LogP contribution in [-0.4, -0.2) is 4.98 Å². The zero-order valence-electron chi connectivity index (χ0n) is 6.80. The number of hydrogen-bond donors (Lipinski definition) is 0. The van der Waals surface area contributed by atoms with Crippen LogP contribution in [0.15, 0.2) is 4.60 Å². The molecule has 1 heterocycles. The summed E-state index contributed by atoms with van der Waals surface area (Å²) >= 11 is 4.96. The van der Waals surface area contributed by atoms with Crippen LogP contribution in [0.5, 0.6) is 0 Å². The summed E-state index contributed by atoms with van der Waals surface area (Å²) in [7, 11) is 0. The Bertz CT molecular complexity index is 300. The van der Waals surface area contributed by atoms with Crippen molar-refractivity contribution in [1.29, 1.82) is 5.26 Å². The predicted molar refractivity (Wildman–Crippen MR) is 53.1 cm³/mol. The van der Waals surface area contributed by atoms with Crippen LogP contribution in [0.4, 0.5) is 0 Å².